The van der Waals surface area contributed by atoms with E-state index in [0.717, 1.165) is 6.07 Å². The van der Waals surface area contributed by atoms with E-state index in [9.17, 15) is 4.79 Å². The van der Waals surface area contributed by atoms with Crippen molar-refractivity contribution in [1.82, 2.24) is 0 Å². The zero-order chi connectivity index (χ0) is 11.1. The molecule has 0 aliphatic rings. The lowest BCUT2D eigenvalue weighted by atomic mass is 10.2. The van der Waals surface area contributed by atoms with Gasteiger partial charge in [0.15, 0.2) is 0 Å². The lowest BCUT2D eigenvalue weighted by Crippen LogP contribution is -2.00. The van der Waals surface area contributed by atoms with Crippen LogP contribution in [0, 0.1) is 0 Å². The molecule has 0 unspecified atom stereocenters. The first-order valence-corrected chi connectivity index (χ1v) is 4.25. The average molecular weight is 198 g/mol. The molecule has 4 nitrogen and oxygen atoms in total. The summed E-state index contributed by atoms with van der Waals surface area (Å²) in [7, 11) is 1.20. The van der Waals surface area contributed by atoms with E-state index in [-0.39, 0.29) is 17.1 Å². The number of hydrogen-bond donors (Lipinski definition) is 2. The van der Waals surface area contributed by atoms with Gasteiger partial charge in [-0.15, -0.1) is 0 Å². The first-order valence-electron chi connectivity index (χ1n) is 4.25. The normalized spacial score (nSPS) is 8.50. The highest BCUT2D eigenvalue weighted by atomic mass is 16.5. The summed E-state index contributed by atoms with van der Waals surface area (Å²) in [6.45, 7) is 4.00. The second kappa shape index (κ2) is 5.85. The minimum absolute atomic E-state index is 0.0440. The molecule has 0 fully saturated rings. The number of aromatic hydroxyl groups is 2. The molecule has 0 spiro atoms. The van der Waals surface area contributed by atoms with Gasteiger partial charge in [-0.3, -0.25) is 0 Å². The fraction of sp³-hybridized carbons (Fsp3) is 0.300. The Kier molecular flexibility index (Phi) is 5.14. The molecule has 0 amide bonds. The number of hydrogen-bond acceptors (Lipinski definition) is 4. The van der Waals surface area contributed by atoms with E-state index < -0.39 is 5.97 Å². The molecule has 14 heavy (non-hydrogen) atoms. The standard InChI is InChI=1S/C8H8O4.C2H6/c1-12-8(11)6-4-5(9)2-3-7(6)10;1-2/h2-4,9-10H,1H3;1-2H3. The average Bonchev–Trinajstić information content (AvgIpc) is 2.23. The number of benzene rings is 1. The second-order valence-electron chi connectivity index (χ2n) is 2.19. The highest BCUT2D eigenvalue weighted by molar-refractivity contribution is 5.92. The van der Waals surface area contributed by atoms with Crippen LogP contribution in [0.5, 0.6) is 11.5 Å². The fourth-order valence-electron chi connectivity index (χ4n) is 0.797. The van der Waals surface area contributed by atoms with Gasteiger partial charge in [0.25, 0.3) is 0 Å². The number of phenolic OH excluding ortho intramolecular Hbond substituents is 2. The Morgan fingerprint density at radius 2 is 1.86 bits per heavy atom. The molecule has 0 bridgehead atoms. The summed E-state index contributed by atoms with van der Waals surface area (Å²) in [5.41, 5.74) is -0.0440. The van der Waals surface area contributed by atoms with E-state index in [1.807, 2.05) is 13.8 Å². The largest absolute Gasteiger partial charge is 0.508 e. The molecule has 4 heteroatoms. The monoisotopic (exact) mass is 198 g/mol. The van der Waals surface area contributed by atoms with Crippen LogP contribution in [-0.2, 0) is 4.74 Å². The molecule has 0 aliphatic heterocycles. The maximum Gasteiger partial charge on any atom is 0.341 e. The molecule has 0 radical (unpaired) electrons. The van der Waals surface area contributed by atoms with E-state index in [2.05, 4.69) is 4.74 Å². The minimum Gasteiger partial charge on any atom is -0.508 e. The van der Waals surface area contributed by atoms with Crippen molar-refractivity contribution >= 4 is 5.97 Å². The molecule has 1 aromatic carbocycles. The Morgan fingerprint density at radius 1 is 1.29 bits per heavy atom. The quantitative estimate of drug-likeness (QED) is 0.534. The van der Waals surface area contributed by atoms with Crippen LogP contribution in [0.15, 0.2) is 18.2 Å². The van der Waals surface area contributed by atoms with Gasteiger partial charge in [-0.2, -0.15) is 0 Å². The van der Waals surface area contributed by atoms with Crippen molar-refractivity contribution in [3.8, 4) is 11.5 Å². The first-order chi connectivity index (χ1) is 6.65. The van der Waals surface area contributed by atoms with Crippen molar-refractivity contribution in [2.24, 2.45) is 0 Å². The van der Waals surface area contributed by atoms with E-state index in [0.29, 0.717) is 0 Å². The molecule has 0 heterocycles. The second-order valence-corrected chi connectivity index (χ2v) is 2.19. The number of rotatable bonds is 1. The highest BCUT2D eigenvalue weighted by Crippen LogP contribution is 2.22. The van der Waals surface area contributed by atoms with Crippen LogP contribution in [0.2, 0.25) is 0 Å². The summed E-state index contributed by atoms with van der Waals surface area (Å²) in [5.74, 6) is -0.976. The van der Waals surface area contributed by atoms with Crippen molar-refractivity contribution in [1.29, 1.82) is 0 Å². The molecular weight excluding hydrogens is 184 g/mol. The van der Waals surface area contributed by atoms with Gasteiger partial charge in [0.2, 0.25) is 0 Å². The van der Waals surface area contributed by atoms with Crippen molar-refractivity contribution in [2.45, 2.75) is 13.8 Å². The van der Waals surface area contributed by atoms with Gasteiger partial charge in [0.1, 0.15) is 17.1 Å². The smallest absolute Gasteiger partial charge is 0.341 e. The Bertz CT molecular complexity index is 307. The third-order valence-electron chi connectivity index (χ3n) is 1.39. The molecule has 1 aromatic rings. The topological polar surface area (TPSA) is 66.8 Å². The molecule has 0 aromatic heterocycles. The van der Waals surface area contributed by atoms with Gasteiger partial charge in [-0.05, 0) is 18.2 Å². The van der Waals surface area contributed by atoms with Crippen LogP contribution in [-0.4, -0.2) is 23.3 Å². The predicted octanol–water partition coefficient (Wildman–Crippen LogP) is 1.91. The summed E-state index contributed by atoms with van der Waals surface area (Å²) in [5, 5.41) is 18.1. The van der Waals surface area contributed by atoms with Gasteiger partial charge in [-0.1, -0.05) is 13.8 Å². The highest BCUT2D eigenvalue weighted by Gasteiger charge is 2.11. The third-order valence-corrected chi connectivity index (χ3v) is 1.39. The summed E-state index contributed by atoms with van der Waals surface area (Å²) in [6.07, 6.45) is 0. The predicted molar refractivity (Wildman–Crippen MR) is 52.5 cm³/mol. The zero-order valence-corrected chi connectivity index (χ0v) is 8.44. The first kappa shape index (κ1) is 12.3. The fourth-order valence-corrected chi connectivity index (χ4v) is 0.797. The maximum atomic E-state index is 10.9. The van der Waals surface area contributed by atoms with Crippen LogP contribution in [0.1, 0.15) is 24.2 Å². The third kappa shape index (κ3) is 2.97. The Morgan fingerprint density at radius 3 is 2.36 bits per heavy atom. The van der Waals surface area contributed by atoms with Gasteiger partial charge in [0, 0.05) is 0 Å². The summed E-state index contributed by atoms with van der Waals surface area (Å²) >= 11 is 0. The van der Waals surface area contributed by atoms with Crippen molar-refractivity contribution in [2.75, 3.05) is 7.11 Å². The van der Waals surface area contributed by atoms with Gasteiger partial charge < -0.3 is 14.9 Å². The summed E-state index contributed by atoms with van der Waals surface area (Å²) in [6, 6.07) is 3.64. The lowest BCUT2D eigenvalue weighted by molar-refractivity contribution is 0.0597. The maximum absolute atomic E-state index is 10.9. The van der Waals surface area contributed by atoms with Crippen LogP contribution in [0.4, 0.5) is 0 Å². The molecule has 1 rings (SSSR count). The molecule has 0 atom stereocenters. The molecule has 0 saturated carbocycles. The van der Waals surface area contributed by atoms with Crippen LogP contribution in [0.3, 0.4) is 0 Å². The summed E-state index contributed by atoms with van der Waals surface area (Å²) in [4.78, 5) is 10.9. The van der Waals surface area contributed by atoms with Crippen molar-refractivity contribution < 1.29 is 19.7 Å². The number of esters is 1. The van der Waals surface area contributed by atoms with Crippen LogP contribution in [0.25, 0.3) is 0 Å². The van der Waals surface area contributed by atoms with Crippen molar-refractivity contribution in [3.63, 3.8) is 0 Å². The SMILES string of the molecule is CC.COC(=O)c1cc(O)ccc1O. The molecule has 0 saturated heterocycles. The van der Waals surface area contributed by atoms with E-state index in [4.69, 9.17) is 10.2 Å². The Balaban J connectivity index is 0.000000791. The van der Waals surface area contributed by atoms with E-state index >= 15 is 0 Å². The Labute approximate surface area is 82.8 Å². The van der Waals surface area contributed by atoms with Crippen LogP contribution >= 0.6 is 0 Å². The van der Waals surface area contributed by atoms with E-state index in [1.54, 1.807) is 0 Å². The minimum atomic E-state index is -0.677. The number of carbonyl (C=O) groups excluding carboxylic acids is 1. The molecular formula is C10H14O4. The molecule has 78 valence electrons. The van der Waals surface area contributed by atoms with Crippen molar-refractivity contribution in [3.05, 3.63) is 23.8 Å². The number of ether oxygens (including phenoxy) is 1. The Hall–Kier alpha value is -1.71. The number of carbonyl (C=O) groups is 1. The van der Waals surface area contributed by atoms with Gasteiger partial charge in [0.05, 0.1) is 7.11 Å². The molecule has 2 N–H and O–H groups in total. The van der Waals surface area contributed by atoms with E-state index in [1.165, 1.54) is 19.2 Å². The van der Waals surface area contributed by atoms with Gasteiger partial charge >= 0.3 is 5.97 Å². The summed E-state index contributed by atoms with van der Waals surface area (Å²) < 4.78 is 4.36. The van der Waals surface area contributed by atoms with Gasteiger partial charge in [-0.25, -0.2) is 4.79 Å². The zero-order valence-electron chi connectivity index (χ0n) is 8.44. The lowest BCUT2D eigenvalue weighted by Gasteiger charge is -2.01. The number of phenols is 2. The van der Waals surface area contributed by atoms with Crippen LogP contribution < -0.4 is 0 Å². The number of methoxy groups -OCH3 is 1. The molecule has 0 aliphatic carbocycles.